The highest BCUT2D eigenvalue weighted by atomic mass is 35.5. The minimum atomic E-state index is -0.435. The van der Waals surface area contributed by atoms with Gasteiger partial charge in [0.1, 0.15) is 11.4 Å². The molecule has 3 aromatic rings. The molecule has 0 saturated heterocycles. The molecule has 0 aliphatic rings. The van der Waals surface area contributed by atoms with Crippen LogP contribution >= 0.6 is 23.2 Å². The van der Waals surface area contributed by atoms with Gasteiger partial charge in [-0.1, -0.05) is 23.2 Å². The average Bonchev–Trinajstić information content (AvgIpc) is 2.96. The first kappa shape index (κ1) is 18.2. The lowest BCUT2D eigenvalue weighted by Crippen LogP contribution is -2.10. The number of anilines is 2. The van der Waals surface area contributed by atoms with E-state index in [1.807, 2.05) is 0 Å². The van der Waals surface area contributed by atoms with Crippen LogP contribution in [0.4, 0.5) is 11.6 Å². The Morgan fingerprint density at radius 2 is 1.92 bits per heavy atom. The number of aryl methyl sites for hydroxylation is 1. The Morgan fingerprint density at radius 3 is 2.62 bits per heavy atom. The first-order valence-electron chi connectivity index (χ1n) is 7.74. The van der Waals surface area contributed by atoms with E-state index >= 15 is 0 Å². The van der Waals surface area contributed by atoms with Crippen molar-refractivity contribution in [3.63, 3.8) is 0 Å². The first-order valence-corrected chi connectivity index (χ1v) is 8.49. The van der Waals surface area contributed by atoms with Crippen molar-refractivity contribution in [2.45, 2.75) is 6.92 Å². The molecule has 0 fully saturated rings. The number of aromatic nitrogens is 4. The van der Waals surface area contributed by atoms with Gasteiger partial charge in [-0.3, -0.25) is 4.68 Å². The molecule has 0 aliphatic heterocycles. The number of ether oxygens (including phenoxy) is 1. The second-order valence-corrected chi connectivity index (χ2v) is 6.18. The van der Waals surface area contributed by atoms with E-state index < -0.39 is 5.97 Å². The lowest BCUT2D eigenvalue weighted by atomic mass is 10.2. The van der Waals surface area contributed by atoms with E-state index in [0.29, 0.717) is 45.4 Å². The van der Waals surface area contributed by atoms with E-state index in [1.165, 1.54) is 4.68 Å². The van der Waals surface area contributed by atoms with E-state index in [2.05, 4.69) is 20.4 Å². The zero-order valence-corrected chi connectivity index (χ0v) is 15.5. The fourth-order valence-electron chi connectivity index (χ4n) is 2.31. The summed E-state index contributed by atoms with van der Waals surface area (Å²) in [5.41, 5.74) is 2.09. The van der Waals surface area contributed by atoms with Crippen LogP contribution in [-0.2, 0) is 11.8 Å². The van der Waals surface area contributed by atoms with Gasteiger partial charge in [-0.15, -0.1) is 0 Å². The highest BCUT2D eigenvalue weighted by molar-refractivity contribution is 6.35. The smallest absolute Gasteiger partial charge is 0.356 e. The average molecular weight is 392 g/mol. The SMILES string of the molecule is CCOC(=O)c1cc(-c2ccnc(Nc3cc(Cl)cc(Cl)c3)n2)nn1C. The molecule has 0 radical (unpaired) electrons. The van der Waals surface area contributed by atoms with Crippen molar-refractivity contribution >= 4 is 40.8 Å². The molecule has 26 heavy (non-hydrogen) atoms. The summed E-state index contributed by atoms with van der Waals surface area (Å²) < 4.78 is 6.47. The van der Waals surface area contributed by atoms with Gasteiger partial charge in [0, 0.05) is 35.0 Å². The second kappa shape index (κ2) is 7.72. The van der Waals surface area contributed by atoms with Crippen LogP contribution in [0.1, 0.15) is 17.4 Å². The van der Waals surface area contributed by atoms with Crippen LogP contribution < -0.4 is 5.32 Å². The summed E-state index contributed by atoms with van der Waals surface area (Å²) >= 11 is 12.0. The summed E-state index contributed by atoms with van der Waals surface area (Å²) in [4.78, 5) is 20.5. The summed E-state index contributed by atoms with van der Waals surface area (Å²) in [5, 5.41) is 8.36. The molecular weight excluding hydrogens is 377 g/mol. The van der Waals surface area contributed by atoms with Crippen molar-refractivity contribution in [1.29, 1.82) is 0 Å². The zero-order valence-electron chi connectivity index (χ0n) is 14.0. The van der Waals surface area contributed by atoms with E-state index in [4.69, 9.17) is 27.9 Å². The second-order valence-electron chi connectivity index (χ2n) is 5.31. The third kappa shape index (κ3) is 4.12. The molecule has 0 aliphatic carbocycles. The van der Waals surface area contributed by atoms with Gasteiger partial charge in [-0.2, -0.15) is 5.10 Å². The predicted octanol–water partition coefficient (Wildman–Crippen LogP) is 4.10. The molecule has 2 heterocycles. The number of hydrogen-bond donors (Lipinski definition) is 1. The standard InChI is InChI=1S/C17H15Cl2N5O2/c1-3-26-16(25)15-9-14(23-24(15)2)13-4-5-20-17(22-13)21-12-7-10(18)6-11(19)8-12/h4-9H,3H2,1-2H3,(H,20,21,22). The van der Waals surface area contributed by atoms with Crippen molar-refractivity contribution in [3.05, 3.63) is 52.3 Å². The Morgan fingerprint density at radius 1 is 1.19 bits per heavy atom. The lowest BCUT2D eigenvalue weighted by molar-refractivity contribution is 0.0513. The van der Waals surface area contributed by atoms with Crippen molar-refractivity contribution in [2.75, 3.05) is 11.9 Å². The molecule has 0 saturated carbocycles. The van der Waals surface area contributed by atoms with Gasteiger partial charge in [0.15, 0.2) is 0 Å². The quantitative estimate of drug-likeness (QED) is 0.659. The van der Waals surface area contributed by atoms with Gasteiger partial charge in [-0.05, 0) is 31.2 Å². The van der Waals surface area contributed by atoms with E-state index in [-0.39, 0.29) is 0 Å². The fraction of sp³-hybridized carbons (Fsp3) is 0.176. The Kier molecular flexibility index (Phi) is 5.39. The molecule has 1 aromatic carbocycles. The maximum atomic E-state index is 11.9. The predicted molar refractivity (Wildman–Crippen MR) is 99.9 cm³/mol. The van der Waals surface area contributed by atoms with Crippen LogP contribution in [0.15, 0.2) is 36.5 Å². The highest BCUT2D eigenvalue weighted by Gasteiger charge is 2.16. The van der Waals surface area contributed by atoms with Crippen LogP contribution in [0.5, 0.6) is 0 Å². The number of halogens is 2. The van der Waals surface area contributed by atoms with Crippen LogP contribution in [0.2, 0.25) is 10.0 Å². The molecule has 2 aromatic heterocycles. The molecule has 9 heteroatoms. The summed E-state index contributed by atoms with van der Waals surface area (Å²) in [6, 6.07) is 8.39. The summed E-state index contributed by atoms with van der Waals surface area (Å²) in [6.07, 6.45) is 1.59. The molecule has 0 spiro atoms. The van der Waals surface area contributed by atoms with Gasteiger partial charge in [0.05, 0.1) is 12.3 Å². The summed E-state index contributed by atoms with van der Waals surface area (Å²) in [5.74, 6) is -0.0844. The normalized spacial score (nSPS) is 10.6. The van der Waals surface area contributed by atoms with Crippen molar-refractivity contribution in [1.82, 2.24) is 19.7 Å². The Labute approximate surface area is 159 Å². The number of esters is 1. The maximum Gasteiger partial charge on any atom is 0.356 e. The van der Waals surface area contributed by atoms with Gasteiger partial charge in [-0.25, -0.2) is 14.8 Å². The molecule has 0 bridgehead atoms. The number of benzene rings is 1. The number of nitrogens with one attached hydrogen (secondary N) is 1. The zero-order chi connectivity index (χ0) is 18.7. The monoisotopic (exact) mass is 391 g/mol. The molecule has 1 N–H and O–H groups in total. The number of rotatable bonds is 5. The molecule has 134 valence electrons. The minimum absolute atomic E-state index is 0.295. The third-order valence-corrected chi connectivity index (χ3v) is 3.84. The summed E-state index contributed by atoms with van der Waals surface area (Å²) in [7, 11) is 1.67. The maximum absolute atomic E-state index is 11.9. The topological polar surface area (TPSA) is 81.9 Å². The van der Waals surface area contributed by atoms with Crippen molar-refractivity contribution in [3.8, 4) is 11.4 Å². The third-order valence-electron chi connectivity index (χ3n) is 3.40. The van der Waals surface area contributed by atoms with E-state index in [0.717, 1.165) is 0 Å². The van der Waals surface area contributed by atoms with Gasteiger partial charge < -0.3 is 10.1 Å². The van der Waals surface area contributed by atoms with Crippen molar-refractivity contribution in [2.24, 2.45) is 7.05 Å². The van der Waals surface area contributed by atoms with Crippen LogP contribution in [0.3, 0.4) is 0 Å². The Hall–Kier alpha value is -2.64. The Bertz CT molecular complexity index is 938. The summed E-state index contributed by atoms with van der Waals surface area (Å²) in [6.45, 7) is 2.04. The number of nitrogens with zero attached hydrogens (tertiary/aromatic N) is 4. The number of carbonyl (C=O) groups excluding carboxylic acids is 1. The first-order chi connectivity index (χ1) is 12.5. The molecule has 0 unspecified atom stereocenters. The molecule has 3 rings (SSSR count). The Balaban J connectivity index is 1.88. The minimum Gasteiger partial charge on any atom is -0.461 e. The fourth-order valence-corrected chi connectivity index (χ4v) is 2.83. The van der Waals surface area contributed by atoms with Crippen molar-refractivity contribution < 1.29 is 9.53 Å². The molecule has 7 nitrogen and oxygen atoms in total. The van der Waals surface area contributed by atoms with Gasteiger partial charge >= 0.3 is 5.97 Å². The highest BCUT2D eigenvalue weighted by Crippen LogP contribution is 2.25. The van der Waals surface area contributed by atoms with Gasteiger partial charge in [0.2, 0.25) is 5.95 Å². The lowest BCUT2D eigenvalue weighted by Gasteiger charge is -2.06. The molecule has 0 atom stereocenters. The number of carbonyl (C=O) groups is 1. The van der Waals surface area contributed by atoms with E-state index in [1.54, 1.807) is 50.5 Å². The van der Waals surface area contributed by atoms with Gasteiger partial charge in [0.25, 0.3) is 0 Å². The van der Waals surface area contributed by atoms with Crippen LogP contribution in [0.25, 0.3) is 11.4 Å². The van der Waals surface area contributed by atoms with Crippen LogP contribution in [0, 0.1) is 0 Å². The molecule has 0 amide bonds. The largest absolute Gasteiger partial charge is 0.461 e. The van der Waals surface area contributed by atoms with E-state index in [9.17, 15) is 4.79 Å². The van der Waals surface area contributed by atoms with Crippen LogP contribution in [-0.4, -0.2) is 32.3 Å². The molecular formula is C17H15Cl2N5O2. The number of hydrogen-bond acceptors (Lipinski definition) is 6.